The number of benzene rings is 3. The average Bonchev–Trinajstić information content (AvgIpc) is 3.42. The predicted molar refractivity (Wildman–Crippen MR) is 141 cm³/mol. The highest BCUT2D eigenvalue weighted by Gasteiger charge is 2.48. The van der Waals surface area contributed by atoms with Gasteiger partial charge in [-0.2, -0.15) is 0 Å². The van der Waals surface area contributed by atoms with Crippen molar-refractivity contribution >= 4 is 40.4 Å². The van der Waals surface area contributed by atoms with Gasteiger partial charge < -0.3 is 19.9 Å². The third kappa shape index (κ3) is 3.98. The summed E-state index contributed by atoms with van der Waals surface area (Å²) in [5.74, 6) is -2.42. The van der Waals surface area contributed by atoms with Crippen molar-refractivity contribution in [2.24, 2.45) is 0 Å². The number of H-pyrrole nitrogens is 1. The Kier molecular flexibility index (Phi) is 5.99. The van der Waals surface area contributed by atoms with E-state index in [2.05, 4.69) is 9.97 Å². The molecule has 5 rings (SSSR count). The highest BCUT2D eigenvalue weighted by Crippen LogP contribution is 2.42. The molecular weight excluding hydrogens is 486 g/mol. The van der Waals surface area contributed by atoms with Crippen LogP contribution in [0.3, 0.4) is 0 Å². The first-order valence-electron chi connectivity index (χ1n) is 11.9. The van der Waals surface area contributed by atoms with Gasteiger partial charge in [0, 0.05) is 5.56 Å². The zero-order valence-corrected chi connectivity index (χ0v) is 21.2. The van der Waals surface area contributed by atoms with E-state index in [0.29, 0.717) is 33.5 Å². The van der Waals surface area contributed by atoms with Crippen LogP contribution in [0.15, 0.2) is 60.2 Å². The number of fused-ring (bicyclic) bond motifs is 1. The third-order valence-electron chi connectivity index (χ3n) is 6.74. The first kappa shape index (κ1) is 24.8. The van der Waals surface area contributed by atoms with Gasteiger partial charge in [-0.15, -0.1) is 0 Å². The van der Waals surface area contributed by atoms with Crippen molar-refractivity contribution in [1.29, 1.82) is 0 Å². The molecule has 3 aromatic carbocycles. The second-order valence-electron chi connectivity index (χ2n) is 9.32. The van der Waals surface area contributed by atoms with Crippen molar-refractivity contribution in [2.45, 2.75) is 26.8 Å². The minimum Gasteiger partial charge on any atom is -0.507 e. The number of hydrogen-bond donors (Lipinski definition) is 3. The van der Waals surface area contributed by atoms with Crippen LogP contribution in [-0.4, -0.2) is 45.0 Å². The number of ether oxygens (including phenoxy) is 1. The maximum absolute atomic E-state index is 13.5. The van der Waals surface area contributed by atoms with Crippen LogP contribution in [0.4, 0.5) is 5.95 Å². The Labute approximate surface area is 218 Å². The Balaban J connectivity index is 1.74. The second-order valence-corrected chi connectivity index (χ2v) is 9.32. The van der Waals surface area contributed by atoms with Crippen LogP contribution in [0, 0.1) is 20.8 Å². The lowest BCUT2D eigenvalue weighted by molar-refractivity contribution is -0.132. The standard InChI is InChI=1S/C29H25N3O6/c1-14-6-5-7-17(10-14)24-23(25(33)19-11-16(3)22(38-4)12-15(19)2)26(34)27(35)32(24)29-30-20-9-8-18(28(36)37)13-21(20)31-29/h5-13,24,33H,1-4H3,(H,30,31)(H,36,37)/b25-23+. The summed E-state index contributed by atoms with van der Waals surface area (Å²) in [5, 5.41) is 20.9. The number of amides is 1. The molecule has 4 aromatic rings. The molecule has 1 saturated heterocycles. The first-order valence-corrected chi connectivity index (χ1v) is 11.9. The largest absolute Gasteiger partial charge is 0.507 e. The molecule has 1 fully saturated rings. The van der Waals surface area contributed by atoms with E-state index < -0.39 is 23.7 Å². The Hall–Kier alpha value is -4.92. The number of imidazole rings is 1. The number of aromatic nitrogens is 2. The van der Waals surface area contributed by atoms with Gasteiger partial charge in [-0.1, -0.05) is 29.8 Å². The van der Waals surface area contributed by atoms with Gasteiger partial charge in [-0.25, -0.2) is 9.78 Å². The normalized spacial score (nSPS) is 16.8. The van der Waals surface area contributed by atoms with Gasteiger partial charge >= 0.3 is 11.9 Å². The number of aliphatic hydroxyl groups is 1. The van der Waals surface area contributed by atoms with Gasteiger partial charge in [0.15, 0.2) is 0 Å². The summed E-state index contributed by atoms with van der Waals surface area (Å²) in [4.78, 5) is 47.1. The number of aromatic carboxylic acids is 1. The molecule has 3 N–H and O–H groups in total. The molecule has 1 aromatic heterocycles. The quantitative estimate of drug-likeness (QED) is 0.199. The monoisotopic (exact) mass is 511 g/mol. The number of anilines is 1. The molecule has 2 heterocycles. The van der Waals surface area contributed by atoms with Gasteiger partial charge in [0.05, 0.1) is 35.3 Å². The van der Waals surface area contributed by atoms with E-state index in [4.69, 9.17) is 4.74 Å². The molecular formula is C29H25N3O6. The number of hydrogen-bond acceptors (Lipinski definition) is 6. The van der Waals surface area contributed by atoms with Crippen LogP contribution in [0.1, 0.15) is 44.2 Å². The minimum absolute atomic E-state index is 0.0512. The van der Waals surface area contributed by atoms with Crippen molar-refractivity contribution in [1.82, 2.24) is 9.97 Å². The molecule has 9 nitrogen and oxygen atoms in total. The van der Waals surface area contributed by atoms with Gasteiger partial charge in [0.25, 0.3) is 5.78 Å². The highest BCUT2D eigenvalue weighted by atomic mass is 16.5. The smallest absolute Gasteiger partial charge is 0.335 e. The van der Waals surface area contributed by atoms with E-state index >= 15 is 0 Å². The molecule has 1 amide bonds. The Morgan fingerprint density at radius 3 is 2.45 bits per heavy atom. The van der Waals surface area contributed by atoms with Crippen molar-refractivity contribution in [3.63, 3.8) is 0 Å². The number of aryl methyl sites for hydroxylation is 3. The molecule has 1 unspecified atom stereocenters. The van der Waals surface area contributed by atoms with E-state index in [9.17, 15) is 24.6 Å². The molecule has 0 saturated carbocycles. The lowest BCUT2D eigenvalue weighted by Crippen LogP contribution is -2.30. The first-order chi connectivity index (χ1) is 18.1. The molecule has 0 spiro atoms. The molecule has 0 aliphatic carbocycles. The molecule has 1 atom stereocenters. The minimum atomic E-state index is -1.10. The van der Waals surface area contributed by atoms with Gasteiger partial charge in [-0.05, 0) is 67.8 Å². The number of methoxy groups -OCH3 is 1. The fourth-order valence-electron chi connectivity index (χ4n) is 4.86. The van der Waals surface area contributed by atoms with E-state index in [1.165, 1.54) is 23.1 Å². The number of nitrogens with one attached hydrogen (secondary N) is 1. The zero-order valence-electron chi connectivity index (χ0n) is 21.2. The maximum Gasteiger partial charge on any atom is 0.335 e. The summed E-state index contributed by atoms with van der Waals surface area (Å²) >= 11 is 0. The van der Waals surface area contributed by atoms with E-state index in [0.717, 1.165) is 11.1 Å². The topological polar surface area (TPSA) is 133 Å². The highest BCUT2D eigenvalue weighted by molar-refractivity contribution is 6.51. The number of rotatable bonds is 5. The van der Waals surface area contributed by atoms with Crippen LogP contribution in [0.5, 0.6) is 5.75 Å². The number of carboxylic acid groups (broad SMARTS) is 1. The van der Waals surface area contributed by atoms with E-state index in [1.807, 2.05) is 32.0 Å². The molecule has 1 aliphatic heterocycles. The van der Waals surface area contributed by atoms with Crippen molar-refractivity contribution in [3.05, 3.63) is 93.6 Å². The number of Topliss-reactive ketones (excluding diaryl/α,β-unsaturated/α-hetero) is 1. The lowest BCUT2D eigenvalue weighted by Gasteiger charge is -2.23. The number of aliphatic hydroxyl groups excluding tert-OH is 1. The van der Waals surface area contributed by atoms with Crippen LogP contribution in [0.2, 0.25) is 0 Å². The summed E-state index contributed by atoms with van der Waals surface area (Å²) in [6.45, 7) is 5.50. The van der Waals surface area contributed by atoms with E-state index in [1.54, 1.807) is 32.2 Å². The molecule has 0 radical (unpaired) electrons. The number of carbonyl (C=O) groups is 3. The Bertz CT molecular complexity index is 1680. The number of carboxylic acids is 1. The maximum atomic E-state index is 13.5. The van der Waals surface area contributed by atoms with Crippen molar-refractivity contribution in [3.8, 4) is 5.75 Å². The number of nitrogens with zero attached hydrogens (tertiary/aromatic N) is 2. The van der Waals surface area contributed by atoms with Crippen LogP contribution in [-0.2, 0) is 9.59 Å². The third-order valence-corrected chi connectivity index (χ3v) is 6.74. The fraction of sp³-hybridized carbons (Fsp3) is 0.172. The molecule has 1 aliphatic rings. The van der Waals surface area contributed by atoms with Gasteiger partial charge in [-0.3, -0.25) is 14.5 Å². The summed E-state index contributed by atoms with van der Waals surface area (Å²) in [5.41, 5.74) is 4.16. The van der Waals surface area contributed by atoms with Crippen LogP contribution < -0.4 is 9.64 Å². The predicted octanol–water partition coefficient (Wildman–Crippen LogP) is 4.82. The Morgan fingerprint density at radius 1 is 1.00 bits per heavy atom. The Morgan fingerprint density at radius 2 is 1.76 bits per heavy atom. The number of aromatic amines is 1. The number of ketones is 1. The van der Waals surface area contributed by atoms with Crippen molar-refractivity contribution in [2.75, 3.05) is 12.0 Å². The van der Waals surface area contributed by atoms with E-state index in [-0.39, 0.29) is 22.8 Å². The molecule has 192 valence electrons. The average molecular weight is 512 g/mol. The summed E-state index contributed by atoms with van der Waals surface area (Å²) in [6, 6.07) is 14.2. The summed E-state index contributed by atoms with van der Waals surface area (Å²) in [7, 11) is 1.55. The summed E-state index contributed by atoms with van der Waals surface area (Å²) < 4.78 is 5.38. The van der Waals surface area contributed by atoms with Crippen molar-refractivity contribution < 1.29 is 29.3 Å². The molecule has 0 bridgehead atoms. The van der Waals surface area contributed by atoms with Crippen LogP contribution in [0.25, 0.3) is 16.8 Å². The second kappa shape index (κ2) is 9.19. The zero-order chi connectivity index (χ0) is 27.3. The van der Waals surface area contributed by atoms with Gasteiger partial charge in [0.2, 0.25) is 5.95 Å². The van der Waals surface area contributed by atoms with Crippen LogP contribution >= 0.6 is 0 Å². The summed E-state index contributed by atoms with van der Waals surface area (Å²) in [6.07, 6.45) is 0. The van der Waals surface area contributed by atoms with Gasteiger partial charge in [0.1, 0.15) is 11.5 Å². The lowest BCUT2D eigenvalue weighted by atomic mass is 9.92. The molecule has 9 heteroatoms. The fourth-order valence-corrected chi connectivity index (χ4v) is 4.86. The number of carbonyl (C=O) groups excluding carboxylic acids is 2. The SMILES string of the molecule is COc1cc(C)c(/C(O)=C2\C(=O)C(=O)N(c3nc4ccc(C(=O)O)cc4[nH]3)C2c2cccc(C)c2)cc1C. The molecule has 38 heavy (non-hydrogen) atoms.